The summed E-state index contributed by atoms with van der Waals surface area (Å²) >= 11 is 6.24. The number of benzene rings is 1. The van der Waals surface area contributed by atoms with Crippen molar-refractivity contribution in [3.05, 3.63) is 64.8 Å². The number of fused-ring (bicyclic) bond motifs is 3. The van der Waals surface area contributed by atoms with Crippen molar-refractivity contribution in [2.24, 2.45) is 0 Å². The second-order valence-electron chi connectivity index (χ2n) is 7.70. The molecule has 0 N–H and O–H groups in total. The summed E-state index contributed by atoms with van der Waals surface area (Å²) in [5.74, 6) is 3.29. The fraction of sp³-hybridized carbons (Fsp3) is 0.409. The van der Waals surface area contributed by atoms with Crippen molar-refractivity contribution < 1.29 is 4.74 Å². The van der Waals surface area contributed by atoms with Gasteiger partial charge in [-0.2, -0.15) is 0 Å². The first kappa shape index (κ1) is 17.7. The van der Waals surface area contributed by atoms with Gasteiger partial charge in [0.1, 0.15) is 17.8 Å². The molecule has 1 aliphatic heterocycles. The fourth-order valence-electron chi connectivity index (χ4n) is 4.45. The number of ether oxygens (including phenoxy) is 1. The summed E-state index contributed by atoms with van der Waals surface area (Å²) in [5.41, 5.74) is 2.49. The minimum atomic E-state index is 0.226. The molecule has 0 amide bonds. The van der Waals surface area contributed by atoms with Gasteiger partial charge in [0.05, 0.1) is 5.69 Å². The van der Waals surface area contributed by atoms with Crippen molar-refractivity contribution in [2.75, 3.05) is 0 Å². The topological polar surface area (TPSA) is 52.8 Å². The van der Waals surface area contributed by atoms with Crippen LogP contribution in [0.1, 0.15) is 55.2 Å². The molecular weight excluding hydrogens is 372 g/mol. The van der Waals surface area contributed by atoms with Gasteiger partial charge in [0.15, 0.2) is 0 Å². The Morgan fingerprint density at radius 3 is 2.71 bits per heavy atom. The van der Waals surface area contributed by atoms with Crippen molar-refractivity contribution in [1.82, 2.24) is 19.7 Å². The molecule has 1 aliphatic carbocycles. The molecule has 5 nitrogen and oxygen atoms in total. The lowest BCUT2D eigenvalue weighted by atomic mass is 9.86. The van der Waals surface area contributed by atoms with Crippen LogP contribution in [0.5, 0.6) is 5.88 Å². The Bertz CT molecular complexity index is 964. The normalized spacial score (nSPS) is 21.5. The maximum atomic E-state index is 6.24. The van der Waals surface area contributed by atoms with Crippen molar-refractivity contribution in [1.29, 1.82) is 0 Å². The second kappa shape index (κ2) is 7.55. The zero-order valence-electron chi connectivity index (χ0n) is 15.7. The Labute approximate surface area is 169 Å². The number of aromatic nitrogens is 4. The van der Waals surface area contributed by atoms with E-state index in [2.05, 4.69) is 31.9 Å². The quantitative estimate of drug-likeness (QED) is 0.633. The molecule has 1 fully saturated rings. The molecule has 2 aromatic heterocycles. The van der Waals surface area contributed by atoms with Gasteiger partial charge in [0.25, 0.3) is 0 Å². The van der Waals surface area contributed by atoms with E-state index < -0.39 is 0 Å². The Hall–Kier alpha value is -2.40. The first-order chi connectivity index (χ1) is 13.8. The Balaban J connectivity index is 1.37. The summed E-state index contributed by atoms with van der Waals surface area (Å²) in [4.78, 5) is 4.28. The lowest BCUT2D eigenvalue weighted by Gasteiger charge is -2.28. The lowest BCUT2D eigenvalue weighted by Crippen LogP contribution is -2.25. The molecule has 0 radical (unpaired) electrons. The van der Waals surface area contributed by atoms with E-state index in [9.17, 15) is 0 Å². The van der Waals surface area contributed by atoms with E-state index in [1.807, 2.05) is 24.3 Å². The number of rotatable bonds is 3. The zero-order chi connectivity index (χ0) is 18.9. The van der Waals surface area contributed by atoms with Crippen LogP contribution in [-0.2, 0) is 12.8 Å². The zero-order valence-corrected chi connectivity index (χ0v) is 16.5. The molecule has 0 saturated heterocycles. The molecule has 144 valence electrons. The fourth-order valence-corrected chi connectivity index (χ4v) is 4.65. The maximum absolute atomic E-state index is 6.24. The molecule has 0 spiro atoms. The number of nitrogens with zero attached hydrogens (tertiary/aromatic N) is 4. The number of hydrogen-bond donors (Lipinski definition) is 0. The molecule has 0 bridgehead atoms. The van der Waals surface area contributed by atoms with E-state index in [0.717, 1.165) is 61.6 Å². The van der Waals surface area contributed by atoms with Crippen molar-refractivity contribution in [3.63, 3.8) is 0 Å². The average molecular weight is 395 g/mol. The van der Waals surface area contributed by atoms with Gasteiger partial charge in [-0.1, -0.05) is 17.7 Å². The molecule has 0 atom stereocenters. The monoisotopic (exact) mass is 394 g/mol. The molecule has 3 aromatic rings. The van der Waals surface area contributed by atoms with E-state index in [1.54, 1.807) is 6.20 Å². The van der Waals surface area contributed by atoms with Gasteiger partial charge in [-0.05, 0) is 68.4 Å². The largest absolute Gasteiger partial charge is 0.474 e. The number of aryl methyl sites for hydroxylation is 2. The van der Waals surface area contributed by atoms with Crippen LogP contribution >= 0.6 is 11.6 Å². The van der Waals surface area contributed by atoms with Crippen molar-refractivity contribution in [3.8, 4) is 11.6 Å². The van der Waals surface area contributed by atoms with E-state index in [-0.39, 0.29) is 6.10 Å². The third-order valence-corrected chi connectivity index (χ3v) is 6.08. The highest BCUT2D eigenvalue weighted by molar-refractivity contribution is 6.30. The van der Waals surface area contributed by atoms with Gasteiger partial charge in [-0.3, -0.25) is 4.57 Å². The van der Waals surface area contributed by atoms with Crippen LogP contribution in [0.4, 0.5) is 0 Å². The van der Waals surface area contributed by atoms with E-state index in [1.165, 1.54) is 11.3 Å². The third kappa shape index (κ3) is 3.39. The van der Waals surface area contributed by atoms with Gasteiger partial charge < -0.3 is 4.74 Å². The van der Waals surface area contributed by atoms with Gasteiger partial charge in [-0.15, -0.1) is 10.2 Å². The van der Waals surface area contributed by atoms with E-state index in [0.29, 0.717) is 11.8 Å². The average Bonchev–Trinajstić information content (AvgIpc) is 3.05. The molecule has 1 saturated carbocycles. The molecule has 1 aromatic carbocycles. The third-order valence-electron chi connectivity index (χ3n) is 5.85. The maximum Gasteiger partial charge on any atom is 0.213 e. The lowest BCUT2D eigenvalue weighted by molar-refractivity contribution is 0.139. The van der Waals surface area contributed by atoms with Crippen LogP contribution in [0.2, 0.25) is 5.02 Å². The number of hydrogen-bond acceptors (Lipinski definition) is 4. The summed E-state index contributed by atoms with van der Waals surface area (Å²) < 4.78 is 8.35. The predicted molar refractivity (Wildman–Crippen MR) is 108 cm³/mol. The molecule has 0 unspecified atom stereocenters. The summed E-state index contributed by atoms with van der Waals surface area (Å²) in [5, 5.41) is 9.95. The van der Waals surface area contributed by atoms with Crippen molar-refractivity contribution in [2.45, 2.75) is 57.0 Å². The standard InChI is InChI=1S/C22H23ClN4O/c23-17-9-12-19-16(14-17)4-3-5-20-25-26-22(27(19)20)15-7-10-18(11-8-15)28-21-6-1-2-13-24-21/h1-2,6,9,12-15,18H,3-5,7-8,10-11H2. The van der Waals surface area contributed by atoms with Gasteiger partial charge in [0.2, 0.25) is 5.88 Å². The van der Waals surface area contributed by atoms with Crippen LogP contribution in [0.25, 0.3) is 5.69 Å². The first-order valence-corrected chi connectivity index (χ1v) is 10.5. The van der Waals surface area contributed by atoms with Gasteiger partial charge in [0, 0.05) is 29.6 Å². The van der Waals surface area contributed by atoms with E-state index in [4.69, 9.17) is 16.3 Å². The molecule has 28 heavy (non-hydrogen) atoms. The minimum absolute atomic E-state index is 0.226. The van der Waals surface area contributed by atoms with Crippen LogP contribution in [0.3, 0.4) is 0 Å². The molecular formula is C22H23ClN4O. The molecule has 5 rings (SSSR count). The summed E-state index contributed by atoms with van der Waals surface area (Å²) in [6, 6.07) is 12.0. The van der Waals surface area contributed by atoms with Crippen molar-refractivity contribution >= 4 is 11.6 Å². The summed E-state index contributed by atoms with van der Waals surface area (Å²) in [7, 11) is 0. The predicted octanol–water partition coefficient (Wildman–Crippen LogP) is 4.91. The van der Waals surface area contributed by atoms with Gasteiger partial charge in [-0.25, -0.2) is 4.98 Å². The highest BCUT2D eigenvalue weighted by Crippen LogP contribution is 2.36. The number of halogens is 1. The Kier molecular flexibility index (Phi) is 4.77. The van der Waals surface area contributed by atoms with Crippen LogP contribution in [0.15, 0.2) is 42.6 Å². The minimum Gasteiger partial charge on any atom is -0.474 e. The van der Waals surface area contributed by atoms with Crippen LogP contribution in [-0.4, -0.2) is 25.9 Å². The smallest absolute Gasteiger partial charge is 0.213 e. The van der Waals surface area contributed by atoms with E-state index >= 15 is 0 Å². The van der Waals surface area contributed by atoms with Gasteiger partial charge >= 0.3 is 0 Å². The molecule has 3 heterocycles. The summed E-state index contributed by atoms with van der Waals surface area (Å²) in [6.07, 6.45) is 9.20. The highest BCUT2D eigenvalue weighted by Gasteiger charge is 2.30. The molecule has 2 aliphatic rings. The molecule has 6 heteroatoms. The van der Waals surface area contributed by atoms with Crippen LogP contribution < -0.4 is 4.74 Å². The first-order valence-electron chi connectivity index (χ1n) is 10.1. The SMILES string of the molecule is Clc1ccc2c(c1)CCCc1nnc(C3CCC(Oc4ccccn4)CC3)n1-2. The second-order valence-corrected chi connectivity index (χ2v) is 8.13. The Morgan fingerprint density at radius 2 is 1.89 bits per heavy atom. The Morgan fingerprint density at radius 1 is 1.00 bits per heavy atom. The highest BCUT2D eigenvalue weighted by atomic mass is 35.5. The van der Waals surface area contributed by atoms with Crippen LogP contribution in [0, 0.1) is 0 Å². The number of pyridine rings is 1. The summed E-state index contributed by atoms with van der Waals surface area (Å²) in [6.45, 7) is 0.